The number of hydrogen-bond donors (Lipinski definition) is 1. The number of amides is 2. The summed E-state index contributed by atoms with van der Waals surface area (Å²) in [5.74, 6) is 0. The Morgan fingerprint density at radius 3 is 1.50 bits per heavy atom. The molecule has 26 heavy (non-hydrogen) atoms. The normalized spacial score (nSPS) is 13.2. The highest BCUT2D eigenvalue weighted by molar-refractivity contribution is 5.73. The first-order valence-electron chi connectivity index (χ1n) is 9.86. The molecule has 0 bridgehead atoms. The number of carbonyl (C=O) groups is 1. The van der Waals surface area contributed by atoms with Gasteiger partial charge in [0.1, 0.15) is 0 Å². The minimum absolute atomic E-state index is 0.00992. The van der Waals surface area contributed by atoms with Crippen molar-refractivity contribution in [3.63, 3.8) is 0 Å². The van der Waals surface area contributed by atoms with Crippen LogP contribution < -0.4 is 5.73 Å². The Bertz CT molecular complexity index is 590. The summed E-state index contributed by atoms with van der Waals surface area (Å²) in [7, 11) is 0. The van der Waals surface area contributed by atoms with Crippen LogP contribution in [0, 0.1) is 0 Å². The summed E-state index contributed by atoms with van der Waals surface area (Å²) >= 11 is 0. The van der Waals surface area contributed by atoms with Gasteiger partial charge in [0.15, 0.2) is 0 Å². The summed E-state index contributed by atoms with van der Waals surface area (Å²) in [6, 6.07) is 20.3. The summed E-state index contributed by atoms with van der Waals surface area (Å²) in [5, 5.41) is 0. The van der Waals surface area contributed by atoms with Crippen molar-refractivity contribution in [2.24, 2.45) is 5.73 Å². The minimum atomic E-state index is -0.333. The zero-order valence-electron chi connectivity index (χ0n) is 16.1. The molecular weight excluding hydrogens is 320 g/mol. The summed E-state index contributed by atoms with van der Waals surface area (Å²) in [6.07, 6.45) is 6.19. The fourth-order valence-electron chi connectivity index (χ4n) is 3.60. The third kappa shape index (κ3) is 5.35. The van der Waals surface area contributed by atoms with Crippen LogP contribution in [0.15, 0.2) is 60.7 Å². The molecule has 0 fully saturated rings. The molecule has 2 aromatic carbocycles. The van der Waals surface area contributed by atoms with Gasteiger partial charge in [-0.25, -0.2) is 4.79 Å². The van der Waals surface area contributed by atoms with Gasteiger partial charge in [0.05, 0.1) is 12.1 Å². The number of primary amides is 1. The van der Waals surface area contributed by atoms with Gasteiger partial charge in [-0.1, -0.05) is 100 Å². The molecule has 0 heterocycles. The van der Waals surface area contributed by atoms with Crippen LogP contribution in [0.3, 0.4) is 0 Å². The maximum absolute atomic E-state index is 12.6. The number of urea groups is 1. The van der Waals surface area contributed by atoms with Gasteiger partial charge in [0.25, 0.3) is 0 Å². The van der Waals surface area contributed by atoms with E-state index in [1.54, 1.807) is 0 Å². The number of nitrogens with zero attached hydrogens (tertiary/aromatic N) is 1. The van der Waals surface area contributed by atoms with E-state index in [1.807, 2.05) is 41.3 Å². The number of hydrogen-bond acceptors (Lipinski definition) is 1. The molecule has 140 valence electrons. The van der Waals surface area contributed by atoms with Crippen molar-refractivity contribution in [1.82, 2.24) is 4.90 Å². The smallest absolute Gasteiger partial charge is 0.315 e. The SMILES string of the molecule is CCCCC(c1ccccc1)N(C(N)=O)C(CCCC)c1ccccc1. The summed E-state index contributed by atoms with van der Waals surface area (Å²) in [5.41, 5.74) is 8.27. The molecule has 2 atom stereocenters. The van der Waals surface area contributed by atoms with E-state index >= 15 is 0 Å². The maximum atomic E-state index is 12.6. The maximum Gasteiger partial charge on any atom is 0.315 e. The molecule has 0 saturated heterocycles. The van der Waals surface area contributed by atoms with Gasteiger partial charge in [-0.05, 0) is 24.0 Å². The second kappa shape index (κ2) is 10.6. The van der Waals surface area contributed by atoms with Crippen LogP contribution in [0.4, 0.5) is 4.79 Å². The molecule has 0 saturated carbocycles. The standard InChI is InChI=1S/C23H32N2O/c1-3-5-17-21(19-13-9-7-10-14-19)25(23(24)26)22(18-6-4-2)20-15-11-8-12-16-20/h7-16,21-22H,3-6,17-18H2,1-2H3,(H2,24,26). The molecule has 0 radical (unpaired) electrons. The zero-order valence-corrected chi connectivity index (χ0v) is 16.1. The Morgan fingerprint density at radius 2 is 1.19 bits per heavy atom. The summed E-state index contributed by atoms with van der Waals surface area (Å²) < 4.78 is 0. The Balaban J connectivity index is 2.44. The molecule has 0 aliphatic carbocycles. The summed E-state index contributed by atoms with van der Waals surface area (Å²) in [6.45, 7) is 4.37. The minimum Gasteiger partial charge on any atom is -0.351 e. The zero-order chi connectivity index (χ0) is 18.8. The van der Waals surface area contributed by atoms with Gasteiger partial charge in [-0.3, -0.25) is 0 Å². The number of benzene rings is 2. The van der Waals surface area contributed by atoms with E-state index in [4.69, 9.17) is 5.73 Å². The van der Waals surface area contributed by atoms with E-state index in [-0.39, 0.29) is 18.1 Å². The first-order chi connectivity index (χ1) is 12.7. The lowest BCUT2D eigenvalue weighted by atomic mass is 9.93. The topological polar surface area (TPSA) is 46.3 Å². The average molecular weight is 353 g/mol. The predicted molar refractivity (Wildman–Crippen MR) is 109 cm³/mol. The van der Waals surface area contributed by atoms with Crippen molar-refractivity contribution < 1.29 is 4.79 Å². The molecule has 3 nitrogen and oxygen atoms in total. The van der Waals surface area contributed by atoms with Crippen LogP contribution >= 0.6 is 0 Å². The van der Waals surface area contributed by atoms with Crippen LogP contribution in [0.5, 0.6) is 0 Å². The molecule has 0 aromatic heterocycles. The van der Waals surface area contributed by atoms with Crippen LogP contribution in [0.1, 0.15) is 75.6 Å². The lowest BCUT2D eigenvalue weighted by Gasteiger charge is -2.38. The van der Waals surface area contributed by atoms with Crippen LogP contribution in [0.25, 0.3) is 0 Å². The molecule has 2 N–H and O–H groups in total. The molecule has 0 spiro atoms. The van der Waals surface area contributed by atoms with Gasteiger partial charge in [0, 0.05) is 0 Å². The van der Waals surface area contributed by atoms with Crippen molar-refractivity contribution in [3.05, 3.63) is 71.8 Å². The highest BCUT2D eigenvalue weighted by Crippen LogP contribution is 2.36. The van der Waals surface area contributed by atoms with Crippen LogP contribution in [-0.4, -0.2) is 10.9 Å². The monoisotopic (exact) mass is 352 g/mol. The number of nitrogens with two attached hydrogens (primary N) is 1. The van der Waals surface area contributed by atoms with E-state index in [1.165, 1.54) is 0 Å². The van der Waals surface area contributed by atoms with E-state index in [0.717, 1.165) is 49.7 Å². The Hall–Kier alpha value is -2.29. The van der Waals surface area contributed by atoms with Crippen molar-refractivity contribution in [2.45, 2.75) is 64.5 Å². The van der Waals surface area contributed by atoms with Crippen molar-refractivity contribution >= 4 is 6.03 Å². The average Bonchev–Trinajstić information content (AvgIpc) is 2.68. The van der Waals surface area contributed by atoms with Crippen LogP contribution in [-0.2, 0) is 0 Å². The Labute approximate surface area is 158 Å². The molecule has 2 aromatic rings. The number of rotatable bonds is 10. The molecule has 3 heteroatoms. The molecular formula is C23H32N2O. The third-order valence-corrected chi connectivity index (χ3v) is 4.96. The molecule has 2 rings (SSSR count). The summed E-state index contributed by atoms with van der Waals surface area (Å²) in [4.78, 5) is 14.5. The largest absolute Gasteiger partial charge is 0.351 e. The highest BCUT2D eigenvalue weighted by Gasteiger charge is 2.30. The van der Waals surface area contributed by atoms with E-state index in [9.17, 15) is 4.79 Å². The Morgan fingerprint density at radius 1 is 0.808 bits per heavy atom. The number of carbonyl (C=O) groups excluding carboxylic acids is 1. The van der Waals surface area contributed by atoms with Crippen LogP contribution in [0.2, 0.25) is 0 Å². The van der Waals surface area contributed by atoms with Crippen molar-refractivity contribution in [2.75, 3.05) is 0 Å². The quantitative estimate of drug-likeness (QED) is 0.541. The lowest BCUT2D eigenvalue weighted by molar-refractivity contribution is 0.139. The van der Waals surface area contributed by atoms with Gasteiger partial charge in [0.2, 0.25) is 0 Å². The van der Waals surface area contributed by atoms with E-state index < -0.39 is 0 Å². The van der Waals surface area contributed by atoms with Crippen molar-refractivity contribution in [1.29, 1.82) is 0 Å². The molecule has 0 aliphatic rings. The molecule has 2 unspecified atom stereocenters. The van der Waals surface area contributed by atoms with Gasteiger partial charge in [-0.2, -0.15) is 0 Å². The third-order valence-electron chi connectivity index (χ3n) is 4.96. The first kappa shape index (κ1) is 20.0. The predicted octanol–water partition coefficient (Wildman–Crippen LogP) is 6.23. The van der Waals surface area contributed by atoms with Gasteiger partial charge < -0.3 is 10.6 Å². The molecule has 2 amide bonds. The van der Waals surface area contributed by atoms with E-state index in [0.29, 0.717) is 0 Å². The lowest BCUT2D eigenvalue weighted by Crippen LogP contribution is -2.41. The fraction of sp³-hybridized carbons (Fsp3) is 0.435. The highest BCUT2D eigenvalue weighted by atomic mass is 16.2. The fourth-order valence-corrected chi connectivity index (χ4v) is 3.60. The second-order valence-corrected chi connectivity index (χ2v) is 6.88. The van der Waals surface area contributed by atoms with Crippen molar-refractivity contribution in [3.8, 4) is 0 Å². The molecule has 0 aliphatic heterocycles. The van der Waals surface area contributed by atoms with Gasteiger partial charge in [-0.15, -0.1) is 0 Å². The Kier molecular flexibility index (Phi) is 8.20. The second-order valence-electron chi connectivity index (χ2n) is 6.88. The van der Waals surface area contributed by atoms with Gasteiger partial charge >= 0.3 is 6.03 Å². The number of unbranched alkanes of at least 4 members (excludes halogenated alkanes) is 2. The first-order valence-corrected chi connectivity index (χ1v) is 9.86. The van der Waals surface area contributed by atoms with E-state index in [2.05, 4.69) is 38.1 Å².